The molecule has 0 spiro atoms. The number of hydrogen-bond acceptors (Lipinski definition) is 3. The number of halogens is 3. The highest BCUT2D eigenvalue weighted by atomic mass is 19.4. The zero-order valence-corrected chi connectivity index (χ0v) is 14.2. The molecular formula is C19H21F3O3. The summed E-state index contributed by atoms with van der Waals surface area (Å²) in [6.45, 7) is 3.19. The molecule has 2 rings (SSSR count). The van der Waals surface area contributed by atoms with Gasteiger partial charge in [-0.3, -0.25) is 0 Å². The predicted molar refractivity (Wildman–Crippen MR) is 89.8 cm³/mol. The summed E-state index contributed by atoms with van der Waals surface area (Å²) >= 11 is 0. The largest absolute Gasteiger partial charge is 0.482 e. The lowest BCUT2D eigenvalue weighted by Crippen LogP contribution is -2.19. The normalized spacial score (nSPS) is 12.8. The molecule has 6 heteroatoms. The van der Waals surface area contributed by atoms with Crippen LogP contribution in [0.3, 0.4) is 0 Å². The lowest BCUT2D eigenvalue weighted by atomic mass is 9.96. The molecule has 0 aliphatic rings. The third-order valence-corrected chi connectivity index (χ3v) is 4.02. The van der Waals surface area contributed by atoms with E-state index in [1.807, 2.05) is 12.1 Å². The van der Waals surface area contributed by atoms with Crippen LogP contribution in [0.25, 0.3) is 10.8 Å². The second kappa shape index (κ2) is 8.23. The van der Waals surface area contributed by atoms with E-state index in [0.717, 1.165) is 17.2 Å². The van der Waals surface area contributed by atoms with Crippen LogP contribution in [0.1, 0.15) is 38.2 Å². The highest BCUT2D eigenvalue weighted by Crippen LogP contribution is 2.26. The van der Waals surface area contributed by atoms with Crippen LogP contribution in [0.4, 0.5) is 13.2 Å². The van der Waals surface area contributed by atoms with E-state index in [-0.39, 0.29) is 0 Å². The third kappa shape index (κ3) is 5.96. The molecule has 0 amide bonds. The van der Waals surface area contributed by atoms with Crippen molar-refractivity contribution in [3.8, 4) is 5.75 Å². The second-order valence-corrected chi connectivity index (χ2v) is 5.95. The van der Waals surface area contributed by atoms with Crippen LogP contribution in [0.15, 0.2) is 36.4 Å². The zero-order valence-electron chi connectivity index (χ0n) is 14.2. The minimum absolute atomic E-state index is 0.422. The molecule has 0 aliphatic heterocycles. The quantitative estimate of drug-likeness (QED) is 0.639. The van der Waals surface area contributed by atoms with Gasteiger partial charge in [0.05, 0.1) is 6.42 Å². The van der Waals surface area contributed by atoms with Gasteiger partial charge in [-0.15, -0.1) is 0 Å². The molecule has 1 unspecified atom stereocenters. The fourth-order valence-electron chi connectivity index (χ4n) is 2.34. The monoisotopic (exact) mass is 354 g/mol. The Morgan fingerprint density at radius 1 is 1.12 bits per heavy atom. The summed E-state index contributed by atoms with van der Waals surface area (Å²) in [4.78, 5) is 11.4. The Bertz CT molecular complexity index is 725. The summed E-state index contributed by atoms with van der Waals surface area (Å²) in [6.07, 6.45) is -4.44. The van der Waals surface area contributed by atoms with E-state index in [0.29, 0.717) is 11.7 Å². The number of carbonyl (C=O) groups is 1. The summed E-state index contributed by atoms with van der Waals surface area (Å²) in [7, 11) is 0. The van der Waals surface area contributed by atoms with Gasteiger partial charge in [-0.25, -0.2) is 4.79 Å². The van der Waals surface area contributed by atoms with Crippen LogP contribution in [0.5, 0.6) is 5.75 Å². The van der Waals surface area contributed by atoms with Gasteiger partial charge in [-0.1, -0.05) is 38.1 Å². The molecule has 0 aliphatic carbocycles. The molecule has 3 nitrogen and oxygen atoms in total. The van der Waals surface area contributed by atoms with E-state index >= 15 is 0 Å². The molecular weight excluding hydrogens is 333 g/mol. The van der Waals surface area contributed by atoms with Gasteiger partial charge in [0.1, 0.15) is 12.4 Å². The molecule has 25 heavy (non-hydrogen) atoms. The molecule has 2 aromatic rings. The SMILES string of the molecule is CCC(C)c1ccc2cc(OCC(=O)OCCC(F)(F)F)ccc2c1. The van der Waals surface area contributed by atoms with Crippen LogP contribution >= 0.6 is 0 Å². The van der Waals surface area contributed by atoms with Crippen molar-refractivity contribution in [1.82, 2.24) is 0 Å². The van der Waals surface area contributed by atoms with Gasteiger partial charge in [-0.2, -0.15) is 13.2 Å². The van der Waals surface area contributed by atoms with Crippen molar-refractivity contribution in [2.45, 2.75) is 38.8 Å². The molecule has 0 saturated carbocycles. The first-order valence-electron chi connectivity index (χ1n) is 8.17. The molecule has 1 atom stereocenters. The first-order chi connectivity index (χ1) is 11.8. The first-order valence-corrected chi connectivity index (χ1v) is 8.17. The number of alkyl halides is 3. The van der Waals surface area contributed by atoms with Crippen LogP contribution in [0, 0.1) is 0 Å². The number of rotatable bonds is 7. The van der Waals surface area contributed by atoms with E-state index in [1.54, 1.807) is 12.1 Å². The average molecular weight is 354 g/mol. The van der Waals surface area contributed by atoms with E-state index < -0.39 is 31.8 Å². The van der Waals surface area contributed by atoms with Gasteiger partial charge in [0, 0.05) is 0 Å². The van der Waals surface area contributed by atoms with Gasteiger partial charge in [0.25, 0.3) is 0 Å². The van der Waals surface area contributed by atoms with Crippen molar-refractivity contribution in [3.63, 3.8) is 0 Å². The Kier molecular flexibility index (Phi) is 6.28. The number of ether oxygens (including phenoxy) is 2. The summed E-state index contributed by atoms with van der Waals surface area (Å²) in [5.74, 6) is 0.125. The van der Waals surface area contributed by atoms with Gasteiger partial charge < -0.3 is 9.47 Å². The van der Waals surface area contributed by atoms with E-state index in [1.165, 1.54) is 5.56 Å². The van der Waals surface area contributed by atoms with Crippen molar-refractivity contribution in [2.24, 2.45) is 0 Å². The third-order valence-electron chi connectivity index (χ3n) is 4.02. The summed E-state index contributed by atoms with van der Waals surface area (Å²) in [6, 6.07) is 11.6. The van der Waals surface area contributed by atoms with Crippen molar-refractivity contribution >= 4 is 16.7 Å². The van der Waals surface area contributed by atoms with Crippen molar-refractivity contribution in [3.05, 3.63) is 42.0 Å². The summed E-state index contributed by atoms with van der Waals surface area (Å²) in [5.41, 5.74) is 1.26. The molecule has 0 bridgehead atoms. The van der Waals surface area contributed by atoms with Crippen molar-refractivity contribution in [1.29, 1.82) is 0 Å². The molecule has 0 N–H and O–H groups in total. The number of esters is 1. The molecule has 0 aromatic heterocycles. The van der Waals surface area contributed by atoms with Crippen LogP contribution in [-0.4, -0.2) is 25.4 Å². The van der Waals surface area contributed by atoms with Gasteiger partial charge in [0.2, 0.25) is 0 Å². The Morgan fingerprint density at radius 3 is 2.48 bits per heavy atom. The number of hydrogen-bond donors (Lipinski definition) is 0. The minimum Gasteiger partial charge on any atom is -0.482 e. The predicted octanol–water partition coefficient (Wildman–Crippen LogP) is 5.23. The molecule has 0 fully saturated rings. The minimum atomic E-state index is -4.34. The van der Waals surface area contributed by atoms with Crippen LogP contribution in [0.2, 0.25) is 0 Å². The van der Waals surface area contributed by atoms with E-state index in [9.17, 15) is 18.0 Å². The first kappa shape index (κ1) is 19.1. The Balaban J connectivity index is 1.92. The van der Waals surface area contributed by atoms with Crippen LogP contribution < -0.4 is 4.74 Å². The van der Waals surface area contributed by atoms with E-state index in [2.05, 4.69) is 30.7 Å². The number of carbonyl (C=O) groups excluding carboxylic acids is 1. The summed E-state index contributed by atoms with van der Waals surface area (Å²) in [5, 5.41) is 2.04. The molecule has 0 radical (unpaired) electrons. The maximum Gasteiger partial charge on any atom is 0.392 e. The number of benzene rings is 2. The fourth-order valence-corrected chi connectivity index (χ4v) is 2.34. The Hall–Kier alpha value is -2.24. The fraction of sp³-hybridized carbons (Fsp3) is 0.421. The van der Waals surface area contributed by atoms with Gasteiger partial charge >= 0.3 is 12.1 Å². The van der Waals surface area contributed by atoms with E-state index in [4.69, 9.17) is 4.74 Å². The number of fused-ring (bicyclic) bond motifs is 1. The molecule has 136 valence electrons. The van der Waals surface area contributed by atoms with Crippen molar-refractivity contribution in [2.75, 3.05) is 13.2 Å². The molecule has 0 saturated heterocycles. The summed E-state index contributed by atoms with van der Waals surface area (Å²) < 4.78 is 45.8. The maximum atomic E-state index is 12.0. The second-order valence-electron chi connectivity index (χ2n) is 5.95. The smallest absolute Gasteiger partial charge is 0.392 e. The maximum absolute atomic E-state index is 12.0. The Labute approximate surface area is 144 Å². The van der Waals surface area contributed by atoms with Crippen molar-refractivity contribution < 1.29 is 27.4 Å². The van der Waals surface area contributed by atoms with Crippen LogP contribution in [-0.2, 0) is 9.53 Å². The molecule has 0 heterocycles. The lowest BCUT2D eigenvalue weighted by molar-refractivity contribution is -0.160. The highest BCUT2D eigenvalue weighted by molar-refractivity contribution is 5.84. The standard InChI is InChI=1S/C19H21F3O3/c1-3-13(2)14-4-5-16-11-17(7-6-15(16)10-14)25-12-18(23)24-9-8-19(20,21)22/h4-7,10-11,13H,3,8-9,12H2,1-2H3. The molecule has 2 aromatic carbocycles. The van der Waals surface area contributed by atoms with Gasteiger partial charge in [-0.05, 0) is 40.8 Å². The average Bonchev–Trinajstić information content (AvgIpc) is 2.57. The van der Waals surface area contributed by atoms with Gasteiger partial charge in [0.15, 0.2) is 6.61 Å². The topological polar surface area (TPSA) is 35.5 Å². The Morgan fingerprint density at radius 2 is 1.80 bits per heavy atom. The lowest BCUT2D eigenvalue weighted by Gasteiger charge is -2.11. The zero-order chi connectivity index (χ0) is 18.4. The highest BCUT2D eigenvalue weighted by Gasteiger charge is 2.27.